The molecule has 0 saturated carbocycles. The Morgan fingerprint density at radius 2 is 1.74 bits per heavy atom. The molecule has 0 aliphatic heterocycles. The molecule has 0 unspecified atom stereocenters. The van der Waals surface area contributed by atoms with Gasteiger partial charge in [0.05, 0.1) is 28.4 Å². The van der Waals surface area contributed by atoms with E-state index >= 15 is 0 Å². The van der Waals surface area contributed by atoms with Gasteiger partial charge in [-0.05, 0) is 48.4 Å². The van der Waals surface area contributed by atoms with Crippen molar-refractivity contribution in [2.45, 2.75) is 13.5 Å². The topological polar surface area (TPSA) is 59.9 Å². The maximum atomic E-state index is 12.2. The Labute approximate surface area is 195 Å². The van der Waals surface area contributed by atoms with Crippen molar-refractivity contribution in [1.29, 1.82) is 0 Å². The van der Waals surface area contributed by atoms with Gasteiger partial charge in [-0.25, -0.2) is 5.43 Å². The number of ether oxygens (including phenoxy) is 2. The van der Waals surface area contributed by atoms with Crippen molar-refractivity contribution in [2.75, 3.05) is 7.11 Å². The predicted molar refractivity (Wildman–Crippen MR) is 125 cm³/mol. The van der Waals surface area contributed by atoms with Gasteiger partial charge in [0, 0.05) is 5.56 Å². The molecule has 0 atom stereocenters. The molecule has 0 fully saturated rings. The quantitative estimate of drug-likeness (QED) is 0.320. The number of halogens is 3. The summed E-state index contributed by atoms with van der Waals surface area (Å²) in [5.74, 6) is 0.463. The number of benzene rings is 3. The maximum Gasteiger partial charge on any atom is 0.271 e. The van der Waals surface area contributed by atoms with Gasteiger partial charge in [-0.3, -0.25) is 4.79 Å². The Hall–Kier alpha value is -2.73. The number of hydrazone groups is 1. The molecule has 0 heterocycles. The number of rotatable bonds is 7. The molecule has 3 aromatic rings. The van der Waals surface area contributed by atoms with E-state index < -0.39 is 5.91 Å². The number of hydrogen-bond acceptors (Lipinski definition) is 4. The molecule has 0 radical (unpaired) electrons. The third-order valence-electron chi connectivity index (χ3n) is 4.32. The lowest BCUT2D eigenvalue weighted by molar-refractivity contribution is 0.0955. The first-order valence-electron chi connectivity index (χ1n) is 9.21. The standard InChI is InChI=1S/C23H19Cl3N2O3/c1-14-3-5-15(6-4-14)13-31-22-20(26)9-16(10-21(22)30-2)12-27-28-23(29)17-7-8-18(24)19(25)11-17/h3-12H,13H2,1-2H3,(H,28,29)/b27-12-. The molecule has 31 heavy (non-hydrogen) atoms. The molecule has 1 amide bonds. The van der Waals surface area contributed by atoms with Gasteiger partial charge in [0.15, 0.2) is 11.5 Å². The minimum atomic E-state index is -0.425. The molecule has 0 aliphatic rings. The van der Waals surface area contributed by atoms with E-state index in [-0.39, 0.29) is 5.02 Å². The molecule has 0 bridgehead atoms. The number of carbonyl (C=O) groups is 1. The molecule has 3 rings (SSSR count). The van der Waals surface area contributed by atoms with E-state index in [0.717, 1.165) is 5.56 Å². The third kappa shape index (κ3) is 6.14. The molecule has 0 saturated heterocycles. The van der Waals surface area contributed by atoms with Gasteiger partial charge in [-0.1, -0.05) is 64.6 Å². The minimum absolute atomic E-state index is 0.288. The highest BCUT2D eigenvalue weighted by atomic mass is 35.5. The summed E-state index contributed by atoms with van der Waals surface area (Å²) in [6.45, 7) is 2.38. The van der Waals surface area contributed by atoms with Crippen molar-refractivity contribution in [3.8, 4) is 11.5 Å². The van der Waals surface area contributed by atoms with Crippen LogP contribution in [0.25, 0.3) is 0 Å². The number of amides is 1. The van der Waals surface area contributed by atoms with Crippen LogP contribution in [0.3, 0.4) is 0 Å². The van der Waals surface area contributed by atoms with Crippen LogP contribution in [-0.2, 0) is 6.61 Å². The van der Waals surface area contributed by atoms with Gasteiger partial charge < -0.3 is 9.47 Å². The second-order valence-electron chi connectivity index (χ2n) is 6.64. The number of nitrogens with one attached hydrogen (secondary N) is 1. The van der Waals surface area contributed by atoms with Crippen LogP contribution in [0.1, 0.15) is 27.0 Å². The molecule has 1 N–H and O–H groups in total. The van der Waals surface area contributed by atoms with Crippen molar-refractivity contribution in [3.63, 3.8) is 0 Å². The molecule has 0 aliphatic carbocycles. The van der Waals surface area contributed by atoms with Crippen LogP contribution in [0.2, 0.25) is 15.1 Å². The van der Waals surface area contributed by atoms with Gasteiger partial charge in [-0.15, -0.1) is 0 Å². The summed E-state index contributed by atoms with van der Waals surface area (Å²) in [5, 5.41) is 4.98. The van der Waals surface area contributed by atoms with E-state index in [4.69, 9.17) is 44.3 Å². The van der Waals surface area contributed by atoms with Gasteiger partial charge in [-0.2, -0.15) is 5.10 Å². The van der Waals surface area contributed by atoms with Crippen molar-refractivity contribution >= 4 is 46.9 Å². The summed E-state index contributed by atoms with van der Waals surface area (Å²) in [7, 11) is 1.53. The number of methoxy groups -OCH3 is 1. The molecular formula is C23H19Cl3N2O3. The van der Waals surface area contributed by atoms with E-state index in [0.29, 0.717) is 39.3 Å². The van der Waals surface area contributed by atoms with Gasteiger partial charge in [0.2, 0.25) is 0 Å². The Morgan fingerprint density at radius 3 is 2.42 bits per heavy atom. The van der Waals surface area contributed by atoms with Crippen molar-refractivity contribution in [3.05, 3.63) is 91.9 Å². The zero-order valence-corrected chi connectivity index (χ0v) is 19.1. The highest BCUT2D eigenvalue weighted by Gasteiger charge is 2.12. The first-order valence-corrected chi connectivity index (χ1v) is 10.3. The smallest absolute Gasteiger partial charge is 0.271 e. The second kappa shape index (κ2) is 10.5. The van der Waals surface area contributed by atoms with Gasteiger partial charge in [0.25, 0.3) is 5.91 Å². The lowest BCUT2D eigenvalue weighted by Gasteiger charge is -2.13. The van der Waals surface area contributed by atoms with Crippen LogP contribution in [0.15, 0.2) is 59.7 Å². The monoisotopic (exact) mass is 476 g/mol. The molecule has 0 spiro atoms. The highest BCUT2D eigenvalue weighted by molar-refractivity contribution is 6.42. The largest absolute Gasteiger partial charge is 0.493 e. The van der Waals surface area contributed by atoms with Crippen LogP contribution >= 0.6 is 34.8 Å². The summed E-state index contributed by atoms with van der Waals surface area (Å²) < 4.78 is 11.3. The molecule has 0 aromatic heterocycles. The van der Waals surface area contributed by atoms with Crippen molar-refractivity contribution < 1.29 is 14.3 Å². The Morgan fingerprint density at radius 1 is 1.00 bits per heavy atom. The first-order chi connectivity index (χ1) is 14.9. The molecular weight excluding hydrogens is 459 g/mol. The van der Waals surface area contributed by atoms with Crippen molar-refractivity contribution in [1.82, 2.24) is 5.43 Å². The Kier molecular flexibility index (Phi) is 7.80. The number of hydrogen-bond donors (Lipinski definition) is 1. The predicted octanol–water partition coefficient (Wildman–Crippen LogP) is 6.31. The van der Waals surface area contributed by atoms with Crippen LogP contribution in [-0.4, -0.2) is 19.2 Å². The molecule has 5 nitrogen and oxygen atoms in total. The first kappa shape index (κ1) is 22.9. The molecule has 8 heteroatoms. The fraction of sp³-hybridized carbons (Fsp3) is 0.130. The summed E-state index contributed by atoms with van der Waals surface area (Å²) in [6, 6.07) is 16.0. The van der Waals surface area contributed by atoms with Crippen LogP contribution < -0.4 is 14.9 Å². The number of nitrogens with zero attached hydrogens (tertiary/aromatic N) is 1. The SMILES string of the molecule is COc1cc(/C=N\NC(=O)c2ccc(Cl)c(Cl)c2)cc(Cl)c1OCc1ccc(C)cc1. The van der Waals surface area contributed by atoms with Gasteiger partial charge in [0.1, 0.15) is 6.61 Å². The summed E-state index contributed by atoms with van der Waals surface area (Å²) in [4.78, 5) is 12.2. The van der Waals surface area contributed by atoms with Crippen LogP contribution in [0.5, 0.6) is 11.5 Å². The van der Waals surface area contributed by atoms with Gasteiger partial charge >= 0.3 is 0 Å². The van der Waals surface area contributed by atoms with E-state index in [1.807, 2.05) is 31.2 Å². The highest BCUT2D eigenvalue weighted by Crippen LogP contribution is 2.36. The second-order valence-corrected chi connectivity index (χ2v) is 7.86. The lowest BCUT2D eigenvalue weighted by Crippen LogP contribution is -2.17. The molecule has 3 aromatic carbocycles. The van der Waals surface area contributed by atoms with Crippen LogP contribution in [0.4, 0.5) is 0 Å². The van der Waals surface area contributed by atoms with E-state index in [1.54, 1.807) is 24.3 Å². The van der Waals surface area contributed by atoms with E-state index in [9.17, 15) is 4.79 Å². The number of carbonyl (C=O) groups excluding carboxylic acids is 1. The fourth-order valence-electron chi connectivity index (χ4n) is 2.66. The maximum absolute atomic E-state index is 12.2. The zero-order valence-electron chi connectivity index (χ0n) is 16.8. The Balaban J connectivity index is 1.69. The van der Waals surface area contributed by atoms with E-state index in [1.165, 1.54) is 25.0 Å². The van der Waals surface area contributed by atoms with Crippen molar-refractivity contribution in [2.24, 2.45) is 5.10 Å². The minimum Gasteiger partial charge on any atom is -0.493 e. The zero-order chi connectivity index (χ0) is 22.4. The average Bonchev–Trinajstić information content (AvgIpc) is 2.75. The van der Waals surface area contributed by atoms with E-state index in [2.05, 4.69) is 10.5 Å². The Bertz CT molecular complexity index is 1120. The lowest BCUT2D eigenvalue weighted by atomic mass is 10.1. The fourth-order valence-corrected chi connectivity index (χ4v) is 3.23. The third-order valence-corrected chi connectivity index (χ3v) is 5.34. The molecule has 160 valence electrons. The average molecular weight is 478 g/mol. The normalized spacial score (nSPS) is 10.9. The van der Waals surface area contributed by atoms with Crippen LogP contribution in [0, 0.1) is 6.92 Å². The number of aryl methyl sites for hydroxylation is 1. The summed E-state index contributed by atoms with van der Waals surface area (Å²) in [6.07, 6.45) is 1.45. The summed E-state index contributed by atoms with van der Waals surface area (Å²) >= 11 is 18.2. The summed E-state index contributed by atoms with van der Waals surface area (Å²) in [5.41, 5.74) is 5.58.